The van der Waals surface area contributed by atoms with Gasteiger partial charge in [0.15, 0.2) is 0 Å². The summed E-state index contributed by atoms with van der Waals surface area (Å²) in [7, 11) is 0. The van der Waals surface area contributed by atoms with Crippen LogP contribution in [0.3, 0.4) is 0 Å². The third-order valence-electron chi connectivity index (χ3n) is 2.79. The van der Waals surface area contributed by atoms with Crippen LogP contribution in [0.4, 0.5) is 0 Å². The van der Waals surface area contributed by atoms with Gasteiger partial charge in [-0.2, -0.15) is 0 Å². The fraction of sp³-hybridized carbons (Fsp3) is 0.538. The van der Waals surface area contributed by atoms with Crippen LogP contribution in [0.15, 0.2) is 29.0 Å². The molecule has 2 atom stereocenters. The molecule has 3 nitrogen and oxygen atoms in total. The topological polar surface area (TPSA) is 62.2 Å². The Hall–Kier alpha value is -1.09. The minimum Gasteiger partial charge on any atom is -0.396 e. The van der Waals surface area contributed by atoms with Gasteiger partial charge >= 0.3 is 0 Å². The summed E-state index contributed by atoms with van der Waals surface area (Å²) < 4.78 is 0. The lowest BCUT2D eigenvalue weighted by Crippen LogP contribution is -2.14. The molecule has 0 bridgehead atoms. The molecule has 96 valence electrons. The predicted molar refractivity (Wildman–Crippen MR) is 76.7 cm³/mol. The molecule has 0 aliphatic rings. The Morgan fingerprint density at radius 2 is 2.00 bits per heavy atom. The summed E-state index contributed by atoms with van der Waals surface area (Å²) in [6.45, 7) is 11.3. The number of halogens is 1. The smallest absolute Gasteiger partial charge is 0.103 e. The van der Waals surface area contributed by atoms with Crippen LogP contribution < -0.4 is 5.73 Å². The van der Waals surface area contributed by atoms with E-state index in [-0.39, 0.29) is 0 Å². The van der Waals surface area contributed by atoms with Gasteiger partial charge in [-0.25, -0.2) is 4.99 Å². The molecule has 2 unspecified atom stereocenters. The summed E-state index contributed by atoms with van der Waals surface area (Å²) in [5.74, 6) is 0.731. The lowest BCUT2D eigenvalue weighted by molar-refractivity contribution is 0.454. The van der Waals surface area contributed by atoms with Gasteiger partial charge < -0.3 is 11.1 Å². The van der Waals surface area contributed by atoms with E-state index in [9.17, 15) is 0 Å². The Bertz CT molecular complexity index is 352. The largest absolute Gasteiger partial charge is 0.396 e. The summed E-state index contributed by atoms with van der Waals surface area (Å²) in [6, 6.07) is 0. The number of nitrogens with one attached hydrogen (secondary N) is 1. The van der Waals surface area contributed by atoms with Gasteiger partial charge in [-0.05, 0) is 32.1 Å². The molecular formula is C13H22ClN3. The van der Waals surface area contributed by atoms with E-state index in [1.165, 1.54) is 0 Å². The zero-order valence-electron chi connectivity index (χ0n) is 11.0. The van der Waals surface area contributed by atoms with Crippen molar-refractivity contribution in [2.24, 2.45) is 22.6 Å². The molecule has 0 spiro atoms. The first-order valence-corrected chi connectivity index (χ1v) is 6.04. The molecular weight excluding hydrogens is 234 g/mol. The van der Waals surface area contributed by atoms with Crippen molar-refractivity contribution >= 4 is 22.5 Å². The third-order valence-corrected chi connectivity index (χ3v) is 2.87. The zero-order chi connectivity index (χ0) is 13.6. The summed E-state index contributed by atoms with van der Waals surface area (Å²) >= 11 is 5.79. The van der Waals surface area contributed by atoms with Gasteiger partial charge in [0.25, 0.3) is 0 Å². The van der Waals surface area contributed by atoms with Crippen LogP contribution in [-0.2, 0) is 0 Å². The minimum absolute atomic E-state index is 0.320. The molecule has 0 radical (unpaired) electrons. The van der Waals surface area contributed by atoms with Crippen molar-refractivity contribution in [1.82, 2.24) is 0 Å². The lowest BCUT2D eigenvalue weighted by Gasteiger charge is -2.17. The zero-order valence-corrected chi connectivity index (χ0v) is 11.8. The summed E-state index contributed by atoms with van der Waals surface area (Å²) in [5, 5.41) is 7.99. The van der Waals surface area contributed by atoms with E-state index in [1.807, 2.05) is 6.08 Å². The fourth-order valence-corrected chi connectivity index (χ4v) is 1.44. The Labute approximate surface area is 109 Å². The fourth-order valence-electron chi connectivity index (χ4n) is 1.34. The van der Waals surface area contributed by atoms with E-state index in [0.717, 1.165) is 0 Å². The number of aliphatic imine (C=N–C) groups is 1. The van der Waals surface area contributed by atoms with Crippen molar-refractivity contribution in [3.63, 3.8) is 0 Å². The Morgan fingerprint density at radius 3 is 2.35 bits per heavy atom. The van der Waals surface area contributed by atoms with Gasteiger partial charge in [-0.1, -0.05) is 31.5 Å². The highest BCUT2D eigenvalue weighted by Gasteiger charge is 2.14. The molecule has 4 heteroatoms. The highest BCUT2D eigenvalue weighted by molar-refractivity contribution is 6.64. The Balaban J connectivity index is 5.11. The molecule has 0 saturated carbocycles. The SMILES string of the molecule is C=CC(C)C(C)C/C(N=C(C)Cl)=C(\N)C(C)=N. The van der Waals surface area contributed by atoms with Crippen LogP contribution in [-0.4, -0.2) is 10.9 Å². The number of hydrogen-bond donors (Lipinski definition) is 2. The van der Waals surface area contributed by atoms with Crippen LogP contribution in [0.25, 0.3) is 0 Å². The Morgan fingerprint density at radius 1 is 1.47 bits per heavy atom. The number of rotatable bonds is 6. The highest BCUT2D eigenvalue weighted by atomic mass is 35.5. The number of nitrogens with zero attached hydrogens (tertiary/aromatic N) is 1. The quantitative estimate of drug-likeness (QED) is 0.552. The van der Waals surface area contributed by atoms with Crippen molar-refractivity contribution in [2.75, 3.05) is 0 Å². The van der Waals surface area contributed by atoms with Crippen molar-refractivity contribution < 1.29 is 0 Å². The Kier molecular flexibility index (Phi) is 6.81. The average molecular weight is 256 g/mol. The van der Waals surface area contributed by atoms with E-state index in [2.05, 4.69) is 25.4 Å². The third kappa shape index (κ3) is 5.68. The van der Waals surface area contributed by atoms with Crippen molar-refractivity contribution in [3.05, 3.63) is 24.0 Å². The van der Waals surface area contributed by atoms with Gasteiger partial charge in [0.2, 0.25) is 0 Å². The molecule has 0 aromatic carbocycles. The molecule has 0 fully saturated rings. The molecule has 0 amide bonds. The highest BCUT2D eigenvalue weighted by Crippen LogP contribution is 2.23. The maximum absolute atomic E-state index is 7.56. The van der Waals surface area contributed by atoms with Crippen LogP contribution in [0.2, 0.25) is 0 Å². The monoisotopic (exact) mass is 255 g/mol. The van der Waals surface area contributed by atoms with Crippen molar-refractivity contribution in [3.8, 4) is 0 Å². The molecule has 3 N–H and O–H groups in total. The van der Waals surface area contributed by atoms with Crippen LogP contribution in [0.1, 0.15) is 34.1 Å². The number of hydrogen-bond acceptors (Lipinski definition) is 3. The summed E-state index contributed by atoms with van der Waals surface area (Å²) in [5.41, 5.74) is 7.28. The second-order valence-corrected chi connectivity index (χ2v) is 4.92. The summed E-state index contributed by atoms with van der Waals surface area (Å²) in [6.07, 6.45) is 2.60. The number of allylic oxidation sites excluding steroid dienone is 3. The second kappa shape index (κ2) is 7.28. The van der Waals surface area contributed by atoms with Crippen LogP contribution in [0.5, 0.6) is 0 Å². The molecule has 0 aliphatic heterocycles. The molecule has 0 aromatic rings. The predicted octanol–water partition coefficient (Wildman–Crippen LogP) is 3.70. The standard InChI is InChI=1S/C13H22ClN3/c1-6-8(2)9(3)7-12(17-11(5)14)13(16)10(4)15/h6,8-9,15H,1,7,16H2,2-5H3/b13-12+,15-10?,17-11?. The normalized spacial score (nSPS) is 17.1. The van der Waals surface area contributed by atoms with E-state index in [1.54, 1.807) is 13.8 Å². The molecule has 0 saturated heterocycles. The van der Waals surface area contributed by atoms with Crippen molar-refractivity contribution in [1.29, 1.82) is 5.41 Å². The maximum Gasteiger partial charge on any atom is 0.103 e. The van der Waals surface area contributed by atoms with E-state index in [4.69, 9.17) is 22.7 Å². The molecule has 0 heterocycles. The minimum atomic E-state index is 0.320. The molecule has 0 rings (SSSR count). The summed E-state index contributed by atoms with van der Waals surface area (Å²) in [4.78, 5) is 4.22. The van der Waals surface area contributed by atoms with Gasteiger partial charge in [-0.3, -0.25) is 0 Å². The lowest BCUT2D eigenvalue weighted by atomic mass is 9.91. The van der Waals surface area contributed by atoms with E-state index < -0.39 is 0 Å². The van der Waals surface area contributed by atoms with E-state index >= 15 is 0 Å². The van der Waals surface area contributed by atoms with Gasteiger partial charge in [0, 0.05) is 0 Å². The van der Waals surface area contributed by atoms with Gasteiger partial charge in [-0.15, -0.1) is 6.58 Å². The second-order valence-electron chi connectivity index (χ2n) is 4.37. The van der Waals surface area contributed by atoms with Gasteiger partial charge in [0.1, 0.15) is 5.17 Å². The van der Waals surface area contributed by atoms with Crippen LogP contribution >= 0.6 is 11.6 Å². The van der Waals surface area contributed by atoms with Gasteiger partial charge in [0.05, 0.1) is 17.1 Å². The number of nitrogens with two attached hydrogens (primary N) is 1. The van der Waals surface area contributed by atoms with E-state index in [0.29, 0.717) is 40.5 Å². The first kappa shape index (κ1) is 15.9. The molecule has 17 heavy (non-hydrogen) atoms. The first-order chi connectivity index (χ1) is 7.79. The maximum atomic E-state index is 7.56. The molecule has 0 aliphatic carbocycles. The van der Waals surface area contributed by atoms with Crippen molar-refractivity contribution in [2.45, 2.75) is 34.1 Å². The van der Waals surface area contributed by atoms with Crippen LogP contribution in [0, 0.1) is 17.2 Å². The molecule has 0 aromatic heterocycles. The first-order valence-electron chi connectivity index (χ1n) is 5.67. The average Bonchev–Trinajstić information content (AvgIpc) is 2.24.